The van der Waals surface area contributed by atoms with E-state index in [0.717, 1.165) is 23.4 Å². The number of nitrogens with one attached hydrogen (secondary N) is 2. The average Bonchev–Trinajstić information content (AvgIpc) is 3.02. The van der Waals surface area contributed by atoms with Gasteiger partial charge in [-0.05, 0) is 25.5 Å². The molecule has 3 heterocycles. The van der Waals surface area contributed by atoms with Gasteiger partial charge in [-0.1, -0.05) is 30.3 Å². The maximum Gasteiger partial charge on any atom is 0.433 e. The van der Waals surface area contributed by atoms with Crippen molar-refractivity contribution in [2.24, 2.45) is 0 Å². The fourth-order valence-electron chi connectivity index (χ4n) is 3.01. The Balaban J connectivity index is 1.75. The Labute approximate surface area is 153 Å². The second kappa shape index (κ2) is 6.53. The van der Waals surface area contributed by atoms with Gasteiger partial charge in [-0.3, -0.25) is 4.98 Å². The fourth-order valence-corrected chi connectivity index (χ4v) is 3.01. The minimum absolute atomic E-state index is 0.170. The number of pyridine rings is 1. The van der Waals surface area contributed by atoms with Gasteiger partial charge in [-0.25, -0.2) is 9.97 Å². The fraction of sp³-hybridized carbons (Fsp3) is 0.211. The van der Waals surface area contributed by atoms with Gasteiger partial charge in [0.25, 0.3) is 0 Å². The molecule has 1 atom stereocenters. The van der Waals surface area contributed by atoms with Crippen molar-refractivity contribution in [1.29, 1.82) is 0 Å². The smallest absolute Gasteiger partial charge is 0.367 e. The summed E-state index contributed by atoms with van der Waals surface area (Å²) in [6.07, 6.45) is -2.69. The Morgan fingerprint density at radius 2 is 1.89 bits per heavy atom. The summed E-state index contributed by atoms with van der Waals surface area (Å²) < 4.78 is 38.8. The van der Waals surface area contributed by atoms with Crippen molar-refractivity contribution < 1.29 is 13.2 Å². The number of hydrogen-bond acceptors (Lipinski definition) is 5. The van der Waals surface area contributed by atoms with Gasteiger partial charge in [0.2, 0.25) is 0 Å². The first-order valence-corrected chi connectivity index (χ1v) is 8.43. The van der Waals surface area contributed by atoms with Gasteiger partial charge >= 0.3 is 6.18 Å². The highest BCUT2D eigenvalue weighted by Gasteiger charge is 2.32. The zero-order chi connectivity index (χ0) is 19.0. The van der Waals surface area contributed by atoms with E-state index in [1.807, 2.05) is 37.3 Å². The van der Waals surface area contributed by atoms with E-state index in [1.54, 1.807) is 0 Å². The zero-order valence-electron chi connectivity index (χ0n) is 14.4. The zero-order valence-corrected chi connectivity index (χ0v) is 14.4. The second-order valence-corrected chi connectivity index (χ2v) is 6.39. The van der Waals surface area contributed by atoms with Gasteiger partial charge in [0, 0.05) is 29.1 Å². The Morgan fingerprint density at radius 3 is 2.63 bits per heavy atom. The summed E-state index contributed by atoms with van der Waals surface area (Å²) >= 11 is 0. The lowest BCUT2D eigenvalue weighted by Gasteiger charge is -2.13. The van der Waals surface area contributed by atoms with Crippen LogP contribution in [0.2, 0.25) is 0 Å². The van der Waals surface area contributed by atoms with E-state index in [2.05, 4.69) is 25.6 Å². The number of benzene rings is 1. The van der Waals surface area contributed by atoms with E-state index < -0.39 is 11.9 Å². The predicted molar refractivity (Wildman–Crippen MR) is 96.8 cm³/mol. The molecule has 0 fully saturated rings. The van der Waals surface area contributed by atoms with Crippen LogP contribution in [-0.2, 0) is 12.6 Å². The topological polar surface area (TPSA) is 62.7 Å². The van der Waals surface area contributed by atoms with Crippen LogP contribution in [-0.4, -0.2) is 21.0 Å². The number of fused-ring (bicyclic) bond motifs is 1. The molecule has 1 unspecified atom stereocenters. The van der Waals surface area contributed by atoms with Crippen LogP contribution in [0.1, 0.15) is 18.2 Å². The number of nitrogens with zero attached hydrogens (tertiary/aromatic N) is 3. The van der Waals surface area contributed by atoms with Crippen LogP contribution in [0, 0.1) is 0 Å². The number of hydrogen-bond donors (Lipinski definition) is 2. The van der Waals surface area contributed by atoms with Crippen LogP contribution in [0.5, 0.6) is 0 Å². The first-order valence-electron chi connectivity index (χ1n) is 8.43. The van der Waals surface area contributed by atoms with Crippen molar-refractivity contribution in [3.8, 4) is 11.4 Å². The van der Waals surface area contributed by atoms with Crippen molar-refractivity contribution in [2.45, 2.75) is 25.6 Å². The van der Waals surface area contributed by atoms with E-state index in [9.17, 15) is 13.2 Å². The number of aromatic nitrogens is 3. The second-order valence-electron chi connectivity index (χ2n) is 6.39. The Bertz CT molecular complexity index is 973. The molecule has 2 N–H and O–H groups in total. The quantitative estimate of drug-likeness (QED) is 0.701. The Kier molecular flexibility index (Phi) is 4.18. The highest BCUT2D eigenvalue weighted by atomic mass is 19.4. The third-order valence-electron chi connectivity index (χ3n) is 4.25. The van der Waals surface area contributed by atoms with E-state index in [0.29, 0.717) is 23.9 Å². The lowest BCUT2D eigenvalue weighted by molar-refractivity contribution is -0.141. The minimum atomic E-state index is -4.50. The first-order chi connectivity index (χ1) is 12.9. The molecule has 0 aliphatic carbocycles. The average molecular weight is 371 g/mol. The molecule has 27 heavy (non-hydrogen) atoms. The van der Waals surface area contributed by atoms with Crippen LogP contribution >= 0.6 is 0 Å². The lowest BCUT2D eigenvalue weighted by Crippen LogP contribution is -2.09. The molecule has 0 radical (unpaired) electrons. The molecule has 0 amide bonds. The molecule has 8 heteroatoms. The van der Waals surface area contributed by atoms with Gasteiger partial charge in [-0.2, -0.15) is 13.2 Å². The van der Waals surface area contributed by atoms with E-state index in [4.69, 9.17) is 0 Å². The van der Waals surface area contributed by atoms with Crippen LogP contribution in [0.4, 0.5) is 30.5 Å². The molecular formula is C19H16F3N5. The molecule has 2 aromatic heterocycles. The Morgan fingerprint density at radius 1 is 1.11 bits per heavy atom. The van der Waals surface area contributed by atoms with Gasteiger partial charge < -0.3 is 10.6 Å². The normalized spacial score (nSPS) is 15.9. The molecule has 138 valence electrons. The summed E-state index contributed by atoms with van der Waals surface area (Å²) in [5.41, 5.74) is 1.01. The summed E-state index contributed by atoms with van der Waals surface area (Å²) in [7, 11) is 0. The summed E-state index contributed by atoms with van der Waals surface area (Å²) in [6.45, 7) is 2.02. The standard InChI is InChI=1S/C19H16F3N5/c1-11-9-14-17(24-11)26-16(12-5-3-2-4-6-12)27-18(14)25-13-7-8-23-15(10-13)19(20,21)22/h2-8,10-11H,9H2,1H3,(H2,23,24,25,26,27). The number of rotatable bonds is 3. The SMILES string of the molecule is CC1Cc2c(Nc3ccnc(C(F)(F)F)c3)nc(-c3ccccc3)nc2N1. The highest BCUT2D eigenvalue weighted by molar-refractivity contribution is 5.71. The van der Waals surface area contributed by atoms with E-state index >= 15 is 0 Å². The van der Waals surface area contributed by atoms with Crippen molar-refractivity contribution in [3.05, 3.63) is 59.9 Å². The van der Waals surface area contributed by atoms with Gasteiger partial charge in [-0.15, -0.1) is 0 Å². The van der Waals surface area contributed by atoms with E-state index in [1.165, 1.54) is 6.07 Å². The molecule has 0 spiro atoms. The van der Waals surface area contributed by atoms with E-state index in [-0.39, 0.29) is 11.7 Å². The highest BCUT2D eigenvalue weighted by Crippen LogP contribution is 2.34. The molecule has 1 aromatic carbocycles. The largest absolute Gasteiger partial charge is 0.433 e. The summed E-state index contributed by atoms with van der Waals surface area (Å²) in [5, 5.41) is 6.30. The number of alkyl halides is 3. The molecular weight excluding hydrogens is 355 g/mol. The first kappa shape index (κ1) is 17.3. The van der Waals surface area contributed by atoms with Crippen LogP contribution in [0.15, 0.2) is 48.7 Å². The molecule has 1 aliphatic heterocycles. The van der Waals surface area contributed by atoms with Gasteiger partial charge in [0.1, 0.15) is 17.3 Å². The maximum atomic E-state index is 12.9. The number of anilines is 3. The van der Waals surface area contributed by atoms with Crippen LogP contribution < -0.4 is 10.6 Å². The van der Waals surface area contributed by atoms with Gasteiger partial charge in [0.15, 0.2) is 5.82 Å². The molecule has 0 bridgehead atoms. The maximum absolute atomic E-state index is 12.9. The monoisotopic (exact) mass is 371 g/mol. The molecule has 3 aromatic rings. The van der Waals surface area contributed by atoms with Crippen LogP contribution in [0.25, 0.3) is 11.4 Å². The van der Waals surface area contributed by atoms with Crippen molar-refractivity contribution in [2.75, 3.05) is 10.6 Å². The Hall–Kier alpha value is -3.16. The van der Waals surface area contributed by atoms with Crippen molar-refractivity contribution in [1.82, 2.24) is 15.0 Å². The van der Waals surface area contributed by atoms with Crippen molar-refractivity contribution in [3.63, 3.8) is 0 Å². The third-order valence-corrected chi connectivity index (χ3v) is 4.25. The van der Waals surface area contributed by atoms with Gasteiger partial charge in [0.05, 0.1) is 0 Å². The number of halogens is 3. The lowest BCUT2D eigenvalue weighted by atomic mass is 10.1. The summed E-state index contributed by atoms with van der Waals surface area (Å²) in [4.78, 5) is 12.5. The molecule has 0 saturated heterocycles. The summed E-state index contributed by atoms with van der Waals surface area (Å²) in [6, 6.07) is 12.1. The molecule has 0 saturated carbocycles. The molecule has 1 aliphatic rings. The minimum Gasteiger partial charge on any atom is -0.367 e. The summed E-state index contributed by atoms with van der Waals surface area (Å²) in [5.74, 6) is 1.70. The predicted octanol–water partition coefficient (Wildman–Crippen LogP) is 4.66. The third kappa shape index (κ3) is 3.55. The molecule has 4 rings (SSSR count). The molecule has 5 nitrogen and oxygen atoms in total. The van der Waals surface area contributed by atoms with Crippen LogP contribution in [0.3, 0.4) is 0 Å². The van der Waals surface area contributed by atoms with Crippen molar-refractivity contribution >= 4 is 17.3 Å².